The van der Waals surface area contributed by atoms with Gasteiger partial charge in [0.25, 0.3) is 0 Å². The second-order valence-electron chi connectivity index (χ2n) is 8.50. The first-order valence-corrected chi connectivity index (χ1v) is 10.8. The minimum Gasteiger partial charge on any atom is -0.444 e. The number of H-pyrrole nitrogens is 1. The predicted molar refractivity (Wildman–Crippen MR) is 118 cm³/mol. The summed E-state index contributed by atoms with van der Waals surface area (Å²) in [5.74, 6) is 1.23. The highest BCUT2D eigenvalue weighted by Gasteiger charge is 2.28. The molecule has 4 rings (SSSR count). The zero-order chi connectivity index (χ0) is 21.3. The number of anilines is 3. The van der Waals surface area contributed by atoms with Crippen LogP contribution in [0.3, 0.4) is 0 Å². The number of aromatic nitrogens is 4. The molecular weight excluding hydrogens is 402 g/mol. The summed E-state index contributed by atoms with van der Waals surface area (Å²) in [6, 6.07) is 3.99. The number of nitrogens with one attached hydrogen (secondary N) is 3. The van der Waals surface area contributed by atoms with Gasteiger partial charge in [0.05, 0.1) is 11.1 Å². The van der Waals surface area contributed by atoms with Crippen LogP contribution >= 0.6 is 11.5 Å². The van der Waals surface area contributed by atoms with E-state index < -0.39 is 5.60 Å². The predicted octanol–water partition coefficient (Wildman–Crippen LogP) is 4.28. The molecule has 30 heavy (non-hydrogen) atoms. The minimum absolute atomic E-state index is 0.0813. The highest BCUT2D eigenvalue weighted by Crippen LogP contribution is 2.26. The van der Waals surface area contributed by atoms with E-state index in [4.69, 9.17) is 9.72 Å². The van der Waals surface area contributed by atoms with Gasteiger partial charge in [-0.1, -0.05) is 0 Å². The normalized spacial score (nSPS) is 17.2. The molecule has 3 aromatic heterocycles. The Morgan fingerprint density at radius 2 is 2.20 bits per heavy atom. The van der Waals surface area contributed by atoms with E-state index in [1.807, 2.05) is 46.0 Å². The summed E-state index contributed by atoms with van der Waals surface area (Å²) >= 11 is 1.37. The maximum Gasteiger partial charge on any atom is 0.410 e. The number of hydrogen-bond acceptors (Lipinski definition) is 8. The fraction of sp³-hybridized carbons (Fsp3) is 0.500. The van der Waals surface area contributed by atoms with Crippen molar-refractivity contribution in [3.8, 4) is 0 Å². The Labute approximate surface area is 179 Å². The maximum atomic E-state index is 12.5. The first kappa shape index (κ1) is 20.4. The number of ether oxygens (including phenoxy) is 1. The molecule has 0 spiro atoms. The number of carbonyl (C=O) groups excluding carboxylic acids is 1. The Morgan fingerprint density at radius 1 is 1.37 bits per heavy atom. The maximum absolute atomic E-state index is 12.5. The van der Waals surface area contributed by atoms with Gasteiger partial charge >= 0.3 is 6.09 Å². The Morgan fingerprint density at radius 3 is 2.93 bits per heavy atom. The van der Waals surface area contributed by atoms with E-state index in [1.54, 1.807) is 4.90 Å². The molecule has 1 fully saturated rings. The summed E-state index contributed by atoms with van der Waals surface area (Å²) in [7, 11) is 0. The summed E-state index contributed by atoms with van der Waals surface area (Å²) in [6.45, 7) is 8.87. The number of rotatable bonds is 4. The minimum atomic E-state index is -0.503. The first-order valence-electron chi connectivity index (χ1n) is 10.1. The van der Waals surface area contributed by atoms with Crippen LogP contribution in [-0.4, -0.2) is 55.1 Å². The van der Waals surface area contributed by atoms with Crippen molar-refractivity contribution < 1.29 is 9.53 Å². The number of piperidine rings is 1. The molecule has 0 bridgehead atoms. The summed E-state index contributed by atoms with van der Waals surface area (Å²) < 4.78 is 9.82. The smallest absolute Gasteiger partial charge is 0.410 e. The number of hydrogen-bond donors (Lipinski definition) is 3. The van der Waals surface area contributed by atoms with E-state index >= 15 is 0 Å². The molecule has 160 valence electrons. The monoisotopic (exact) mass is 429 g/mol. The number of aromatic amines is 1. The topological polar surface area (TPSA) is 108 Å². The standard InChI is InChI=1S/C20H27N7O2S/c1-12-10-15(30-26-12)23-18-24-16-14(7-8-21-16)17(25-18)22-13-6-5-9-27(11-13)19(28)29-20(2,3)4/h7-8,10,13H,5-6,9,11H2,1-4H3,(H3,21,22,23,24,25)/t13-/m1/s1. The number of carbonyl (C=O) groups is 1. The average Bonchev–Trinajstić information content (AvgIpc) is 3.29. The lowest BCUT2D eigenvalue weighted by Gasteiger charge is -2.34. The van der Waals surface area contributed by atoms with Crippen molar-refractivity contribution in [2.24, 2.45) is 0 Å². The molecular formula is C20H27N7O2S. The van der Waals surface area contributed by atoms with Crippen LogP contribution in [0.4, 0.5) is 21.6 Å². The van der Waals surface area contributed by atoms with Crippen molar-refractivity contribution in [3.05, 3.63) is 24.0 Å². The fourth-order valence-electron chi connectivity index (χ4n) is 3.42. The molecule has 1 aliphatic rings. The van der Waals surface area contributed by atoms with Crippen molar-refractivity contribution in [2.45, 2.75) is 52.2 Å². The van der Waals surface area contributed by atoms with Crippen LogP contribution in [-0.2, 0) is 4.74 Å². The van der Waals surface area contributed by atoms with Gasteiger partial charge in [-0.05, 0) is 64.2 Å². The number of aryl methyl sites for hydroxylation is 1. The Kier molecular flexibility index (Phi) is 5.50. The SMILES string of the molecule is Cc1cc(Nc2nc(N[C@@H]3CCCN(C(=O)OC(C)(C)C)C3)c3cc[nH]c3n2)sn1. The molecule has 1 atom stereocenters. The van der Waals surface area contributed by atoms with E-state index in [0.717, 1.165) is 40.4 Å². The quantitative estimate of drug-likeness (QED) is 0.568. The largest absolute Gasteiger partial charge is 0.444 e. The third-order valence-electron chi connectivity index (χ3n) is 4.69. The van der Waals surface area contributed by atoms with Crippen LogP contribution in [0, 0.1) is 6.92 Å². The van der Waals surface area contributed by atoms with Crippen LogP contribution in [0.2, 0.25) is 0 Å². The second kappa shape index (κ2) is 8.10. The van der Waals surface area contributed by atoms with E-state index in [2.05, 4.69) is 25.0 Å². The first-order chi connectivity index (χ1) is 14.3. The number of amides is 1. The van der Waals surface area contributed by atoms with Gasteiger partial charge in [0.15, 0.2) is 0 Å². The lowest BCUT2D eigenvalue weighted by atomic mass is 10.1. The van der Waals surface area contributed by atoms with E-state index in [9.17, 15) is 4.79 Å². The zero-order valence-electron chi connectivity index (χ0n) is 17.7. The Bertz CT molecular complexity index is 1040. The molecule has 0 unspecified atom stereocenters. The van der Waals surface area contributed by atoms with Crippen LogP contribution in [0.1, 0.15) is 39.3 Å². The average molecular weight is 430 g/mol. The van der Waals surface area contributed by atoms with E-state index in [1.165, 1.54) is 11.5 Å². The van der Waals surface area contributed by atoms with Gasteiger partial charge in [0.2, 0.25) is 5.95 Å². The molecule has 1 saturated heterocycles. The van der Waals surface area contributed by atoms with Gasteiger partial charge in [-0.25, -0.2) is 4.79 Å². The molecule has 0 saturated carbocycles. The van der Waals surface area contributed by atoms with Gasteiger partial charge in [-0.15, -0.1) is 0 Å². The van der Waals surface area contributed by atoms with Gasteiger partial charge in [-0.2, -0.15) is 14.3 Å². The molecule has 0 radical (unpaired) electrons. The number of nitrogens with zero attached hydrogens (tertiary/aromatic N) is 4. The molecule has 1 amide bonds. The van der Waals surface area contributed by atoms with Gasteiger partial charge in [-0.3, -0.25) is 0 Å². The summed E-state index contributed by atoms with van der Waals surface area (Å²) in [4.78, 5) is 26.6. The highest BCUT2D eigenvalue weighted by molar-refractivity contribution is 7.10. The second-order valence-corrected chi connectivity index (χ2v) is 9.31. The summed E-state index contributed by atoms with van der Waals surface area (Å²) in [6.07, 6.45) is 3.43. The van der Waals surface area contributed by atoms with E-state index in [0.29, 0.717) is 19.0 Å². The van der Waals surface area contributed by atoms with Gasteiger partial charge in [0.1, 0.15) is 22.1 Å². The van der Waals surface area contributed by atoms with Crippen molar-refractivity contribution in [3.63, 3.8) is 0 Å². The lowest BCUT2D eigenvalue weighted by Crippen LogP contribution is -2.47. The van der Waals surface area contributed by atoms with Crippen LogP contribution < -0.4 is 10.6 Å². The molecule has 0 aromatic carbocycles. The van der Waals surface area contributed by atoms with Crippen molar-refractivity contribution in [2.75, 3.05) is 23.7 Å². The van der Waals surface area contributed by atoms with Crippen LogP contribution in [0.5, 0.6) is 0 Å². The number of fused-ring (bicyclic) bond motifs is 1. The summed E-state index contributed by atoms with van der Waals surface area (Å²) in [5, 5.41) is 8.54. The third-order valence-corrected chi connectivity index (χ3v) is 5.49. The Balaban J connectivity index is 1.51. The summed E-state index contributed by atoms with van der Waals surface area (Å²) in [5.41, 5.74) is 1.19. The lowest BCUT2D eigenvalue weighted by molar-refractivity contribution is 0.0206. The van der Waals surface area contributed by atoms with E-state index in [-0.39, 0.29) is 12.1 Å². The molecule has 1 aliphatic heterocycles. The number of likely N-dealkylation sites (tertiary alicyclic amines) is 1. The van der Waals surface area contributed by atoms with Crippen LogP contribution in [0.25, 0.3) is 11.0 Å². The molecule has 4 heterocycles. The molecule has 3 aromatic rings. The fourth-order valence-corrected chi connectivity index (χ4v) is 4.08. The van der Waals surface area contributed by atoms with Crippen molar-refractivity contribution >= 4 is 45.4 Å². The van der Waals surface area contributed by atoms with Gasteiger partial charge < -0.3 is 25.3 Å². The third kappa shape index (κ3) is 4.81. The van der Waals surface area contributed by atoms with Gasteiger partial charge in [0, 0.05) is 25.3 Å². The molecule has 10 heteroatoms. The Hall–Kier alpha value is -2.88. The van der Waals surface area contributed by atoms with Crippen molar-refractivity contribution in [1.29, 1.82) is 0 Å². The molecule has 9 nitrogen and oxygen atoms in total. The van der Waals surface area contributed by atoms with Crippen LogP contribution in [0.15, 0.2) is 18.3 Å². The molecule has 3 N–H and O–H groups in total. The zero-order valence-corrected chi connectivity index (χ0v) is 18.5. The highest BCUT2D eigenvalue weighted by atomic mass is 32.1. The molecule has 0 aliphatic carbocycles. The van der Waals surface area contributed by atoms with Crippen molar-refractivity contribution in [1.82, 2.24) is 24.2 Å².